The first-order chi connectivity index (χ1) is 6.70. The van der Waals surface area contributed by atoms with Crippen molar-refractivity contribution < 1.29 is 27.9 Å². The molecule has 1 unspecified atom stereocenters. The topological polar surface area (TPSA) is 66.4 Å². The summed E-state index contributed by atoms with van der Waals surface area (Å²) in [6.45, 7) is 1.21. The largest absolute Gasteiger partial charge is 0.481 e. The molecule has 15 heavy (non-hydrogen) atoms. The second-order valence-corrected chi connectivity index (χ2v) is 3.18. The van der Waals surface area contributed by atoms with Crippen molar-refractivity contribution in [3.05, 3.63) is 0 Å². The quantitative estimate of drug-likeness (QED) is 0.744. The van der Waals surface area contributed by atoms with Gasteiger partial charge in [-0.2, -0.15) is 13.2 Å². The van der Waals surface area contributed by atoms with Crippen LogP contribution in [-0.2, 0) is 9.59 Å². The number of amides is 1. The van der Waals surface area contributed by atoms with Crippen molar-refractivity contribution in [2.24, 2.45) is 0 Å². The molecule has 7 heteroatoms. The Morgan fingerprint density at radius 3 is 2.27 bits per heavy atom. The van der Waals surface area contributed by atoms with E-state index in [-0.39, 0.29) is 12.8 Å². The average Bonchev–Trinajstić information content (AvgIpc) is 1.96. The fourth-order valence-electron chi connectivity index (χ4n) is 0.966. The predicted molar refractivity (Wildman–Crippen MR) is 45.1 cm³/mol. The lowest BCUT2D eigenvalue weighted by molar-refractivity contribution is -0.143. The maximum Gasteiger partial charge on any atom is 0.391 e. The molecular formula is C8H12F3NO3. The van der Waals surface area contributed by atoms with Crippen LogP contribution in [0.1, 0.15) is 26.2 Å². The highest BCUT2D eigenvalue weighted by Gasteiger charge is 2.30. The minimum atomic E-state index is -4.33. The number of aliphatic carboxylic acids is 1. The Morgan fingerprint density at radius 1 is 1.33 bits per heavy atom. The molecule has 0 saturated heterocycles. The maximum atomic E-state index is 11.8. The molecule has 0 spiro atoms. The van der Waals surface area contributed by atoms with Crippen LogP contribution in [-0.4, -0.2) is 29.2 Å². The van der Waals surface area contributed by atoms with Gasteiger partial charge in [0.05, 0.1) is 12.8 Å². The van der Waals surface area contributed by atoms with E-state index in [0.717, 1.165) is 0 Å². The number of halogens is 3. The van der Waals surface area contributed by atoms with E-state index in [1.54, 1.807) is 0 Å². The fourth-order valence-corrected chi connectivity index (χ4v) is 0.966. The Labute approximate surface area is 84.5 Å². The van der Waals surface area contributed by atoms with Gasteiger partial charge in [0, 0.05) is 12.5 Å². The Bertz CT molecular complexity index is 240. The van der Waals surface area contributed by atoms with Crippen molar-refractivity contribution in [2.45, 2.75) is 38.4 Å². The van der Waals surface area contributed by atoms with Gasteiger partial charge < -0.3 is 10.4 Å². The number of carboxylic acid groups (broad SMARTS) is 1. The van der Waals surface area contributed by atoms with Crippen LogP contribution >= 0.6 is 0 Å². The molecule has 0 aromatic heterocycles. The van der Waals surface area contributed by atoms with Gasteiger partial charge in [-0.1, -0.05) is 0 Å². The first-order valence-electron chi connectivity index (χ1n) is 4.28. The number of carbonyl (C=O) groups is 2. The predicted octanol–water partition coefficient (Wildman–Crippen LogP) is 1.31. The molecule has 0 heterocycles. The van der Waals surface area contributed by atoms with E-state index in [4.69, 9.17) is 5.11 Å². The van der Waals surface area contributed by atoms with Crippen LogP contribution in [0.15, 0.2) is 0 Å². The summed E-state index contributed by atoms with van der Waals surface area (Å²) in [5.41, 5.74) is 0. The van der Waals surface area contributed by atoms with Crippen LogP contribution in [0.25, 0.3) is 0 Å². The average molecular weight is 227 g/mol. The van der Waals surface area contributed by atoms with E-state index in [0.29, 0.717) is 0 Å². The second-order valence-electron chi connectivity index (χ2n) is 3.18. The van der Waals surface area contributed by atoms with Crippen LogP contribution < -0.4 is 5.32 Å². The summed E-state index contributed by atoms with van der Waals surface area (Å²) in [4.78, 5) is 21.0. The minimum Gasteiger partial charge on any atom is -0.481 e. The molecule has 0 rings (SSSR count). The van der Waals surface area contributed by atoms with Gasteiger partial charge in [-0.3, -0.25) is 9.59 Å². The third-order valence-corrected chi connectivity index (χ3v) is 1.51. The third kappa shape index (κ3) is 9.04. The summed E-state index contributed by atoms with van der Waals surface area (Å²) in [6, 6.07) is -1.04. The first kappa shape index (κ1) is 13.7. The van der Waals surface area contributed by atoms with Crippen LogP contribution in [0.2, 0.25) is 0 Å². The van der Waals surface area contributed by atoms with Crippen LogP contribution in [0.3, 0.4) is 0 Å². The lowest BCUT2D eigenvalue weighted by Crippen LogP contribution is -2.36. The van der Waals surface area contributed by atoms with E-state index < -0.39 is 30.5 Å². The molecule has 0 aliphatic carbocycles. The van der Waals surface area contributed by atoms with E-state index in [1.165, 1.54) is 6.92 Å². The third-order valence-electron chi connectivity index (χ3n) is 1.51. The molecule has 1 amide bonds. The van der Waals surface area contributed by atoms with Gasteiger partial charge in [0.1, 0.15) is 0 Å². The molecule has 0 aliphatic heterocycles. The second kappa shape index (κ2) is 5.57. The van der Waals surface area contributed by atoms with Crippen molar-refractivity contribution in [1.82, 2.24) is 5.32 Å². The molecule has 0 fully saturated rings. The van der Waals surface area contributed by atoms with Gasteiger partial charge in [0.15, 0.2) is 0 Å². The zero-order valence-electron chi connectivity index (χ0n) is 8.10. The number of hydrogen-bond acceptors (Lipinski definition) is 2. The molecule has 2 N–H and O–H groups in total. The van der Waals surface area contributed by atoms with Crippen LogP contribution in [0.4, 0.5) is 13.2 Å². The number of nitrogens with one attached hydrogen (secondary N) is 1. The summed E-state index contributed by atoms with van der Waals surface area (Å²) < 4.78 is 35.5. The molecule has 0 bridgehead atoms. The monoisotopic (exact) mass is 227 g/mol. The smallest absolute Gasteiger partial charge is 0.391 e. The Balaban J connectivity index is 3.81. The summed E-state index contributed by atoms with van der Waals surface area (Å²) in [7, 11) is 0. The highest BCUT2D eigenvalue weighted by Crippen LogP contribution is 2.21. The van der Waals surface area contributed by atoms with E-state index >= 15 is 0 Å². The Morgan fingerprint density at radius 2 is 1.87 bits per heavy atom. The summed E-state index contributed by atoms with van der Waals surface area (Å²) >= 11 is 0. The van der Waals surface area contributed by atoms with E-state index in [1.807, 2.05) is 0 Å². The molecule has 0 aliphatic rings. The molecular weight excluding hydrogens is 215 g/mol. The number of alkyl halides is 3. The van der Waals surface area contributed by atoms with Crippen molar-refractivity contribution in [3.8, 4) is 0 Å². The lowest BCUT2D eigenvalue weighted by atomic mass is 10.2. The molecule has 0 aromatic carbocycles. The van der Waals surface area contributed by atoms with E-state index in [9.17, 15) is 22.8 Å². The van der Waals surface area contributed by atoms with E-state index in [2.05, 4.69) is 5.32 Å². The van der Waals surface area contributed by atoms with Crippen molar-refractivity contribution in [3.63, 3.8) is 0 Å². The minimum absolute atomic E-state index is 0.308. The summed E-state index contributed by atoms with van der Waals surface area (Å²) in [5, 5.41) is 10.3. The lowest BCUT2D eigenvalue weighted by Gasteiger charge is -2.15. The molecule has 0 aromatic rings. The Kier molecular flexibility index (Phi) is 5.10. The standard InChI is InChI=1S/C8H12F3NO3/c1-5(4-8(9,10)11)12-6(13)2-3-7(14)15/h5H,2-4H2,1H3,(H,12,13)(H,14,15). The zero-order chi connectivity index (χ0) is 12.1. The molecule has 4 nitrogen and oxygen atoms in total. The van der Waals surface area contributed by atoms with Crippen molar-refractivity contribution in [1.29, 1.82) is 0 Å². The summed E-state index contributed by atoms with van der Waals surface area (Å²) in [5.74, 6) is -1.84. The van der Waals surface area contributed by atoms with Crippen molar-refractivity contribution >= 4 is 11.9 Å². The number of carbonyl (C=O) groups excluding carboxylic acids is 1. The number of hydrogen-bond donors (Lipinski definition) is 2. The van der Waals surface area contributed by atoms with Crippen molar-refractivity contribution in [2.75, 3.05) is 0 Å². The zero-order valence-corrected chi connectivity index (χ0v) is 8.10. The molecule has 0 radical (unpaired) electrons. The molecule has 0 saturated carbocycles. The van der Waals surface area contributed by atoms with Crippen LogP contribution in [0.5, 0.6) is 0 Å². The van der Waals surface area contributed by atoms with Gasteiger partial charge in [-0.25, -0.2) is 0 Å². The van der Waals surface area contributed by atoms with Gasteiger partial charge in [-0.15, -0.1) is 0 Å². The SMILES string of the molecule is CC(CC(F)(F)F)NC(=O)CCC(=O)O. The number of rotatable bonds is 5. The fraction of sp³-hybridized carbons (Fsp3) is 0.750. The van der Waals surface area contributed by atoms with Gasteiger partial charge in [0.2, 0.25) is 5.91 Å². The van der Waals surface area contributed by atoms with Gasteiger partial charge in [-0.05, 0) is 6.92 Å². The summed E-state index contributed by atoms with van der Waals surface area (Å²) in [6.07, 6.45) is -6.15. The maximum absolute atomic E-state index is 11.8. The number of carboxylic acids is 1. The highest BCUT2D eigenvalue weighted by atomic mass is 19.4. The van der Waals surface area contributed by atoms with Gasteiger partial charge in [0.25, 0.3) is 0 Å². The molecule has 1 atom stereocenters. The van der Waals surface area contributed by atoms with Crippen LogP contribution in [0, 0.1) is 0 Å². The normalized spacial score (nSPS) is 13.3. The Hall–Kier alpha value is -1.27. The van der Waals surface area contributed by atoms with Gasteiger partial charge >= 0.3 is 12.1 Å². The highest BCUT2D eigenvalue weighted by molar-refractivity contribution is 5.80. The molecule has 88 valence electrons. The first-order valence-corrected chi connectivity index (χ1v) is 4.28.